The molecule has 0 bridgehead atoms. The van der Waals surface area contributed by atoms with Gasteiger partial charge in [-0.1, -0.05) is 13.8 Å². The Balaban J connectivity index is 2.18. The van der Waals surface area contributed by atoms with Gasteiger partial charge in [-0.15, -0.1) is 0 Å². The van der Waals surface area contributed by atoms with Gasteiger partial charge < -0.3 is 15.6 Å². The van der Waals surface area contributed by atoms with E-state index in [-0.39, 0.29) is 0 Å². The molecule has 2 aromatic heterocycles. The van der Waals surface area contributed by atoms with Crippen LogP contribution in [0.25, 0.3) is 11.1 Å². The minimum atomic E-state index is -1.07. The maximum Gasteiger partial charge on any atom is 0.412 e. The third-order valence-electron chi connectivity index (χ3n) is 4.20. The fraction of sp³-hybridized carbons (Fsp3) is 0.450. The van der Waals surface area contributed by atoms with Crippen LogP contribution in [0.4, 0.5) is 10.6 Å². The maximum atomic E-state index is 11.1. The van der Waals surface area contributed by atoms with Gasteiger partial charge in [0.2, 0.25) is 5.88 Å². The van der Waals surface area contributed by atoms with Crippen LogP contribution in [-0.4, -0.2) is 40.4 Å². The number of rotatable bonds is 7. The first-order valence-corrected chi connectivity index (χ1v) is 8.90. The van der Waals surface area contributed by atoms with Crippen LogP contribution in [0.2, 0.25) is 0 Å². The van der Waals surface area contributed by atoms with Gasteiger partial charge in [-0.25, -0.2) is 14.8 Å². The normalized spacial score (nSPS) is 13.3. The molecule has 146 valence electrons. The van der Waals surface area contributed by atoms with Crippen LogP contribution in [-0.2, 0) is 0 Å². The molecular weight excluding hydrogens is 344 g/mol. The Kier molecular flexibility index (Phi) is 6.38. The van der Waals surface area contributed by atoms with Gasteiger partial charge in [0.15, 0.2) is 0 Å². The lowest BCUT2D eigenvalue weighted by molar-refractivity contribution is 0.200. The predicted molar refractivity (Wildman–Crippen MR) is 106 cm³/mol. The van der Waals surface area contributed by atoms with E-state index in [1.54, 1.807) is 18.5 Å². The Morgan fingerprint density at radius 3 is 2.67 bits per heavy atom. The number of aryl methyl sites for hydroxylation is 1. The molecular formula is C20H28N4O3. The third kappa shape index (κ3) is 5.65. The molecule has 2 aromatic rings. The molecule has 0 spiro atoms. The lowest BCUT2D eigenvalue weighted by Crippen LogP contribution is -2.43. The molecule has 0 fully saturated rings. The number of anilines is 1. The van der Waals surface area contributed by atoms with Crippen LogP contribution in [0.15, 0.2) is 30.6 Å². The number of carboxylic acid groups (broad SMARTS) is 1. The molecule has 2 heterocycles. The predicted octanol–water partition coefficient (Wildman–Crippen LogP) is 3.71. The van der Waals surface area contributed by atoms with Crippen LogP contribution in [0.5, 0.6) is 5.88 Å². The molecule has 0 aliphatic rings. The van der Waals surface area contributed by atoms with Crippen LogP contribution >= 0.6 is 0 Å². The van der Waals surface area contributed by atoms with Crippen molar-refractivity contribution in [2.24, 2.45) is 11.7 Å². The van der Waals surface area contributed by atoms with E-state index in [0.29, 0.717) is 24.2 Å². The first kappa shape index (κ1) is 20.6. The van der Waals surface area contributed by atoms with Gasteiger partial charge in [-0.05, 0) is 49.4 Å². The van der Waals surface area contributed by atoms with Crippen LogP contribution < -0.4 is 15.4 Å². The summed E-state index contributed by atoms with van der Waals surface area (Å²) in [7, 11) is 1.46. The molecule has 0 aliphatic carbocycles. The Morgan fingerprint density at radius 2 is 2.07 bits per heavy atom. The molecule has 0 unspecified atom stereocenters. The SMILES string of the molecule is Cc1cc(OC[C@@](C)(N)CC(C)C)ncc1-c1ccnc(N(C)C(=O)O)c1. The number of carbonyl (C=O) groups is 1. The van der Waals surface area contributed by atoms with E-state index in [1.807, 2.05) is 26.0 Å². The Morgan fingerprint density at radius 1 is 1.37 bits per heavy atom. The number of aromatic nitrogens is 2. The van der Waals surface area contributed by atoms with E-state index in [2.05, 4.69) is 23.8 Å². The van der Waals surface area contributed by atoms with Crippen LogP contribution in [0, 0.1) is 12.8 Å². The highest BCUT2D eigenvalue weighted by molar-refractivity contribution is 5.85. The molecule has 27 heavy (non-hydrogen) atoms. The van der Waals surface area contributed by atoms with Crippen molar-refractivity contribution >= 4 is 11.9 Å². The Hall–Kier alpha value is -2.67. The molecule has 0 radical (unpaired) electrons. The lowest BCUT2D eigenvalue weighted by Gasteiger charge is -2.26. The van der Waals surface area contributed by atoms with Gasteiger partial charge in [0.1, 0.15) is 12.4 Å². The van der Waals surface area contributed by atoms with Crippen molar-refractivity contribution in [3.05, 3.63) is 36.2 Å². The lowest BCUT2D eigenvalue weighted by atomic mass is 9.93. The molecule has 2 rings (SSSR count). The average molecular weight is 372 g/mol. The number of pyridine rings is 2. The summed E-state index contributed by atoms with van der Waals surface area (Å²) in [4.78, 5) is 20.7. The molecule has 0 aliphatic heterocycles. The monoisotopic (exact) mass is 372 g/mol. The summed E-state index contributed by atoms with van der Waals surface area (Å²) in [6, 6.07) is 5.41. The van der Waals surface area contributed by atoms with Crippen molar-refractivity contribution in [2.45, 2.75) is 39.7 Å². The molecule has 7 nitrogen and oxygen atoms in total. The number of nitrogens with two attached hydrogens (primary N) is 1. The van der Waals surface area contributed by atoms with E-state index in [0.717, 1.165) is 28.0 Å². The fourth-order valence-corrected chi connectivity index (χ4v) is 3.01. The highest BCUT2D eigenvalue weighted by Gasteiger charge is 2.21. The molecule has 1 amide bonds. The van der Waals surface area contributed by atoms with Crippen LogP contribution in [0.3, 0.4) is 0 Å². The highest BCUT2D eigenvalue weighted by atomic mass is 16.5. The Labute approximate surface area is 160 Å². The van der Waals surface area contributed by atoms with Crippen molar-refractivity contribution in [1.82, 2.24) is 9.97 Å². The fourth-order valence-electron chi connectivity index (χ4n) is 3.01. The summed E-state index contributed by atoms with van der Waals surface area (Å²) in [5.41, 5.74) is 8.57. The molecule has 1 atom stereocenters. The van der Waals surface area contributed by atoms with Gasteiger partial charge in [-0.3, -0.25) is 4.90 Å². The highest BCUT2D eigenvalue weighted by Crippen LogP contribution is 2.27. The average Bonchev–Trinajstić information content (AvgIpc) is 2.58. The second-order valence-electron chi connectivity index (χ2n) is 7.62. The van der Waals surface area contributed by atoms with E-state index in [9.17, 15) is 4.79 Å². The molecule has 0 saturated carbocycles. The van der Waals surface area contributed by atoms with Crippen molar-refractivity contribution in [3.63, 3.8) is 0 Å². The minimum absolute atomic E-state index is 0.354. The summed E-state index contributed by atoms with van der Waals surface area (Å²) >= 11 is 0. The minimum Gasteiger partial charge on any atom is -0.476 e. The number of hydrogen-bond donors (Lipinski definition) is 2. The quantitative estimate of drug-likeness (QED) is 0.768. The van der Waals surface area contributed by atoms with Crippen molar-refractivity contribution in [1.29, 1.82) is 0 Å². The zero-order chi connectivity index (χ0) is 20.2. The van der Waals surface area contributed by atoms with Crippen LogP contribution in [0.1, 0.15) is 32.8 Å². The number of nitrogens with zero attached hydrogens (tertiary/aromatic N) is 3. The van der Waals surface area contributed by atoms with E-state index in [4.69, 9.17) is 15.6 Å². The third-order valence-corrected chi connectivity index (χ3v) is 4.20. The molecule has 0 aromatic carbocycles. The number of hydrogen-bond acceptors (Lipinski definition) is 5. The van der Waals surface area contributed by atoms with Crippen molar-refractivity contribution < 1.29 is 14.6 Å². The van der Waals surface area contributed by atoms with Crippen molar-refractivity contribution in [3.8, 4) is 17.0 Å². The van der Waals surface area contributed by atoms with Gasteiger partial charge in [0, 0.05) is 36.6 Å². The van der Waals surface area contributed by atoms with Gasteiger partial charge in [0.05, 0.1) is 0 Å². The smallest absolute Gasteiger partial charge is 0.412 e. The molecule has 0 saturated heterocycles. The van der Waals surface area contributed by atoms with Gasteiger partial charge >= 0.3 is 6.09 Å². The first-order valence-electron chi connectivity index (χ1n) is 8.90. The zero-order valence-electron chi connectivity index (χ0n) is 16.6. The number of amides is 1. The molecule has 7 heteroatoms. The topological polar surface area (TPSA) is 102 Å². The largest absolute Gasteiger partial charge is 0.476 e. The van der Waals surface area contributed by atoms with Crippen molar-refractivity contribution in [2.75, 3.05) is 18.6 Å². The number of ether oxygens (including phenoxy) is 1. The first-order chi connectivity index (χ1) is 12.6. The standard InChI is InChI=1S/C20H28N4O3/c1-13(2)10-20(4,21)12-27-18-8-14(3)16(11-23-18)15-6-7-22-17(9-15)24(5)19(25)26/h6-9,11,13H,10,12,21H2,1-5H3,(H,25,26)/t20-/m0/s1. The summed E-state index contributed by atoms with van der Waals surface area (Å²) in [5.74, 6) is 1.37. The summed E-state index contributed by atoms with van der Waals surface area (Å²) in [5, 5.41) is 9.11. The van der Waals surface area contributed by atoms with E-state index < -0.39 is 11.6 Å². The Bertz CT molecular complexity index is 806. The zero-order valence-corrected chi connectivity index (χ0v) is 16.6. The second-order valence-corrected chi connectivity index (χ2v) is 7.62. The summed E-state index contributed by atoms with van der Waals surface area (Å²) < 4.78 is 5.80. The summed E-state index contributed by atoms with van der Waals surface area (Å²) in [6.07, 6.45) is 3.10. The van der Waals surface area contributed by atoms with Gasteiger partial charge in [0.25, 0.3) is 0 Å². The van der Waals surface area contributed by atoms with Gasteiger partial charge in [-0.2, -0.15) is 0 Å². The van der Waals surface area contributed by atoms with E-state index in [1.165, 1.54) is 7.05 Å². The van der Waals surface area contributed by atoms with E-state index >= 15 is 0 Å². The maximum absolute atomic E-state index is 11.1. The second kappa shape index (κ2) is 8.35. The summed E-state index contributed by atoms with van der Waals surface area (Å²) in [6.45, 7) is 8.59. The molecule has 3 N–H and O–H groups in total.